The van der Waals surface area contributed by atoms with Gasteiger partial charge in [-0.15, -0.1) is 12.4 Å². The number of rotatable bonds is 3. The minimum Gasteiger partial charge on any atom is -0.348 e. The van der Waals surface area contributed by atoms with Crippen molar-refractivity contribution in [3.8, 4) is 0 Å². The van der Waals surface area contributed by atoms with Gasteiger partial charge in [-0.05, 0) is 37.5 Å². The van der Waals surface area contributed by atoms with Gasteiger partial charge in [-0.2, -0.15) is 0 Å². The lowest BCUT2D eigenvalue weighted by molar-refractivity contribution is -0.128. The molecule has 1 aromatic rings. The van der Waals surface area contributed by atoms with Crippen molar-refractivity contribution < 1.29 is 4.79 Å². The molecule has 20 heavy (non-hydrogen) atoms. The van der Waals surface area contributed by atoms with Gasteiger partial charge in [0.15, 0.2) is 0 Å². The number of carbonyl (C=O) groups is 1. The Hall–Kier alpha value is -0.580. The molecular weight excluding hydrogens is 340 g/mol. The Morgan fingerprint density at radius 1 is 1.25 bits per heavy atom. The zero-order valence-electron chi connectivity index (χ0n) is 11.7. The van der Waals surface area contributed by atoms with E-state index in [-0.39, 0.29) is 24.4 Å². The molecule has 0 radical (unpaired) electrons. The predicted molar refractivity (Wildman–Crippen MR) is 88.0 cm³/mol. The van der Waals surface area contributed by atoms with Crippen molar-refractivity contribution >= 4 is 34.2 Å². The fourth-order valence-electron chi connectivity index (χ4n) is 2.58. The first-order chi connectivity index (χ1) is 9.01. The standard InChI is InChI=1S/C15H21BrN2O.ClH/c1-11(12-5-7-13(16)8-6-12)18-14(19)15(17)9-3-2-4-10-15;/h5-8,11H,2-4,9-10,17H2,1H3,(H,18,19);1H. The molecule has 1 amide bonds. The van der Waals surface area contributed by atoms with Gasteiger partial charge in [0.2, 0.25) is 5.91 Å². The second-order valence-corrected chi connectivity index (χ2v) is 6.38. The Balaban J connectivity index is 0.00000200. The molecule has 1 aliphatic rings. The van der Waals surface area contributed by atoms with Crippen molar-refractivity contribution in [1.29, 1.82) is 0 Å². The normalized spacial score (nSPS) is 18.8. The summed E-state index contributed by atoms with van der Waals surface area (Å²) in [5, 5.41) is 3.05. The maximum Gasteiger partial charge on any atom is 0.240 e. The van der Waals surface area contributed by atoms with Gasteiger partial charge in [-0.1, -0.05) is 47.3 Å². The summed E-state index contributed by atoms with van der Waals surface area (Å²) >= 11 is 3.41. The van der Waals surface area contributed by atoms with E-state index in [4.69, 9.17) is 5.73 Å². The van der Waals surface area contributed by atoms with Gasteiger partial charge in [0.05, 0.1) is 11.6 Å². The third kappa shape index (κ3) is 4.21. The summed E-state index contributed by atoms with van der Waals surface area (Å²) in [5.74, 6) is -0.0115. The molecule has 1 saturated carbocycles. The quantitative estimate of drug-likeness (QED) is 0.862. The summed E-state index contributed by atoms with van der Waals surface area (Å²) in [6.45, 7) is 1.99. The second kappa shape index (κ2) is 7.43. The van der Waals surface area contributed by atoms with Gasteiger partial charge < -0.3 is 11.1 Å². The van der Waals surface area contributed by atoms with E-state index < -0.39 is 5.54 Å². The summed E-state index contributed by atoms with van der Waals surface area (Å²) < 4.78 is 1.04. The third-order valence-corrected chi connectivity index (χ3v) is 4.44. The van der Waals surface area contributed by atoms with Crippen molar-refractivity contribution in [1.82, 2.24) is 5.32 Å². The fourth-order valence-corrected chi connectivity index (χ4v) is 2.85. The summed E-state index contributed by atoms with van der Waals surface area (Å²) in [4.78, 5) is 12.3. The van der Waals surface area contributed by atoms with E-state index in [2.05, 4.69) is 21.2 Å². The molecule has 5 heteroatoms. The molecule has 0 bridgehead atoms. The highest BCUT2D eigenvalue weighted by Crippen LogP contribution is 2.27. The van der Waals surface area contributed by atoms with Crippen LogP contribution in [0.3, 0.4) is 0 Å². The Bertz CT molecular complexity index is 444. The molecule has 0 aromatic heterocycles. The largest absolute Gasteiger partial charge is 0.348 e. The summed E-state index contributed by atoms with van der Waals surface area (Å²) in [7, 11) is 0. The van der Waals surface area contributed by atoms with Crippen LogP contribution in [0.4, 0.5) is 0 Å². The van der Waals surface area contributed by atoms with Crippen molar-refractivity contribution in [2.75, 3.05) is 0 Å². The van der Waals surface area contributed by atoms with Crippen molar-refractivity contribution in [2.45, 2.75) is 50.6 Å². The number of carbonyl (C=O) groups excluding carboxylic acids is 1. The Morgan fingerprint density at radius 3 is 2.35 bits per heavy atom. The number of benzene rings is 1. The molecule has 3 nitrogen and oxygen atoms in total. The second-order valence-electron chi connectivity index (χ2n) is 5.46. The lowest BCUT2D eigenvalue weighted by Gasteiger charge is -2.33. The predicted octanol–water partition coefficient (Wildman–Crippen LogP) is 3.71. The number of hydrogen-bond donors (Lipinski definition) is 2. The van der Waals surface area contributed by atoms with Crippen LogP contribution in [0.15, 0.2) is 28.7 Å². The van der Waals surface area contributed by atoms with Gasteiger partial charge in [-0.25, -0.2) is 0 Å². The molecule has 0 aliphatic heterocycles. The van der Waals surface area contributed by atoms with E-state index in [0.29, 0.717) is 0 Å². The Labute approximate surface area is 135 Å². The molecule has 3 N–H and O–H groups in total. The lowest BCUT2D eigenvalue weighted by atomic mass is 9.81. The molecule has 0 spiro atoms. The molecule has 0 saturated heterocycles. The highest BCUT2D eigenvalue weighted by molar-refractivity contribution is 9.10. The smallest absolute Gasteiger partial charge is 0.240 e. The molecule has 112 valence electrons. The number of hydrogen-bond acceptors (Lipinski definition) is 2. The first-order valence-corrected chi connectivity index (χ1v) is 7.66. The fraction of sp³-hybridized carbons (Fsp3) is 0.533. The zero-order chi connectivity index (χ0) is 13.9. The molecule has 0 heterocycles. The molecule has 1 aliphatic carbocycles. The maximum atomic E-state index is 12.3. The Kier molecular flexibility index (Phi) is 6.49. The molecule has 1 aromatic carbocycles. The van der Waals surface area contributed by atoms with E-state index >= 15 is 0 Å². The topological polar surface area (TPSA) is 55.1 Å². The maximum absolute atomic E-state index is 12.3. The molecule has 1 atom stereocenters. The highest BCUT2D eigenvalue weighted by atomic mass is 79.9. The SMILES string of the molecule is CC(NC(=O)C1(N)CCCCC1)c1ccc(Br)cc1.Cl. The zero-order valence-corrected chi connectivity index (χ0v) is 14.1. The summed E-state index contributed by atoms with van der Waals surface area (Å²) in [6, 6.07) is 7.98. The average molecular weight is 362 g/mol. The van der Waals surface area contributed by atoms with Gasteiger partial charge in [-0.3, -0.25) is 4.79 Å². The van der Waals surface area contributed by atoms with Crippen LogP contribution >= 0.6 is 28.3 Å². The van der Waals surface area contributed by atoms with Crippen molar-refractivity contribution in [3.05, 3.63) is 34.3 Å². The van der Waals surface area contributed by atoms with Crippen molar-refractivity contribution in [3.63, 3.8) is 0 Å². The van der Waals surface area contributed by atoms with E-state index in [1.807, 2.05) is 31.2 Å². The van der Waals surface area contributed by atoms with Crippen molar-refractivity contribution in [2.24, 2.45) is 5.73 Å². The summed E-state index contributed by atoms with van der Waals surface area (Å²) in [6.07, 6.45) is 4.89. The summed E-state index contributed by atoms with van der Waals surface area (Å²) in [5.41, 5.74) is 6.66. The first kappa shape index (κ1) is 17.5. The molecular formula is C15H22BrClN2O. The number of amides is 1. The molecule has 1 unspecified atom stereocenters. The monoisotopic (exact) mass is 360 g/mol. The van der Waals surface area contributed by atoms with Gasteiger partial charge in [0.25, 0.3) is 0 Å². The van der Waals surface area contributed by atoms with E-state index in [0.717, 1.165) is 35.7 Å². The number of nitrogens with one attached hydrogen (secondary N) is 1. The van der Waals surface area contributed by atoms with Crippen LogP contribution in [0, 0.1) is 0 Å². The van der Waals surface area contributed by atoms with Gasteiger partial charge in [0.1, 0.15) is 0 Å². The number of nitrogens with two attached hydrogens (primary N) is 1. The van der Waals surface area contributed by atoms with E-state index in [1.165, 1.54) is 6.42 Å². The third-order valence-electron chi connectivity index (χ3n) is 3.92. The van der Waals surface area contributed by atoms with E-state index in [9.17, 15) is 4.79 Å². The van der Waals surface area contributed by atoms with Gasteiger partial charge in [0, 0.05) is 4.47 Å². The van der Waals surface area contributed by atoms with Crippen LogP contribution in [0.1, 0.15) is 50.6 Å². The average Bonchev–Trinajstić information content (AvgIpc) is 2.40. The van der Waals surface area contributed by atoms with Crippen LogP contribution in [0.2, 0.25) is 0 Å². The van der Waals surface area contributed by atoms with Crippen LogP contribution < -0.4 is 11.1 Å². The minimum atomic E-state index is -0.665. The number of halogens is 2. The van der Waals surface area contributed by atoms with Gasteiger partial charge >= 0.3 is 0 Å². The van der Waals surface area contributed by atoms with Crippen LogP contribution in [0.25, 0.3) is 0 Å². The lowest BCUT2D eigenvalue weighted by Crippen LogP contribution is -2.55. The first-order valence-electron chi connectivity index (χ1n) is 6.86. The van der Waals surface area contributed by atoms with Crippen LogP contribution in [-0.4, -0.2) is 11.4 Å². The highest BCUT2D eigenvalue weighted by Gasteiger charge is 2.35. The van der Waals surface area contributed by atoms with Crippen LogP contribution in [-0.2, 0) is 4.79 Å². The minimum absolute atomic E-state index is 0. The Morgan fingerprint density at radius 2 is 1.80 bits per heavy atom. The van der Waals surface area contributed by atoms with Crippen LogP contribution in [0.5, 0.6) is 0 Å². The molecule has 2 rings (SSSR count). The molecule has 1 fully saturated rings. The van der Waals surface area contributed by atoms with E-state index in [1.54, 1.807) is 0 Å².